The van der Waals surface area contributed by atoms with Crippen LogP contribution >= 0.6 is 15.6 Å². The molecule has 0 bridgehead atoms. The molecule has 0 spiro atoms. The predicted octanol–water partition coefficient (Wildman–Crippen LogP) is 27.0. The van der Waals surface area contributed by atoms with E-state index >= 15 is 0 Å². The number of carbonyl (C=O) groups excluding carboxylic acids is 4. The summed E-state index contributed by atoms with van der Waals surface area (Å²) in [6.45, 7) is 9.61. The predicted molar refractivity (Wildman–Crippen MR) is 442 cm³/mol. The molecular formula is C88H172O17P2. The van der Waals surface area contributed by atoms with Crippen LogP contribution in [0, 0.1) is 11.8 Å². The molecule has 107 heavy (non-hydrogen) atoms. The summed E-state index contributed by atoms with van der Waals surface area (Å²) in [5, 5.41) is 10.7. The minimum Gasteiger partial charge on any atom is -0.462 e. The number of hydrogen-bond donors (Lipinski definition) is 3. The molecule has 0 saturated heterocycles. The van der Waals surface area contributed by atoms with Crippen molar-refractivity contribution >= 4 is 39.5 Å². The van der Waals surface area contributed by atoms with Gasteiger partial charge in [0, 0.05) is 25.7 Å². The molecule has 0 fully saturated rings. The van der Waals surface area contributed by atoms with Crippen LogP contribution in [0.5, 0.6) is 0 Å². The summed E-state index contributed by atoms with van der Waals surface area (Å²) < 4.78 is 68.9. The van der Waals surface area contributed by atoms with E-state index in [0.29, 0.717) is 25.7 Å². The minimum absolute atomic E-state index is 0.105. The monoisotopic (exact) mass is 1560 g/mol. The average molecular weight is 1560 g/mol. The molecule has 17 nitrogen and oxygen atoms in total. The maximum atomic E-state index is 13.2. The van der Waals surface area contributed by atoms with Crippen molar-refractivity contribution in [3.8, 4) is 0 Å². The van der Waals surface area contributed by atoms with Crippen LogP contribution in [0.4, 0.5) is 0 Å². The number of ether oxygens (including phenoxy) is 4. The highest BCUT2D eigenvalue weighted by Gasteiger charge is 2.31. The van der Waals surface area contributed by atoms with Gasteiger partial charge in [0.05, 0.1) is 26.4 Å². The highest BCUT2D eigenvalue weighted by atomic mass is 31.2. The second kappa shape index (κ2) is 79.3. The van der Waals surface area contributed by atoms with Gasteiger partial charge < -0.3 is 33.8 Å². The molecule has 3 unspecified atom stereocenters. The van der Waals surface area contributed by atoms with Crippen molar-refractivity contribution in [2.75, 3.05) is 39.6 Å². The molecule has 636 valence electrons. The number of esters is 4. The lowest BCUT2D eigenvalue weighted by Gasteiger charge is -2.21. The highest BCUT2D eigenvalue weighted by molar-refractivity contribution is 7.47. The van der Waals surface area contributed by atoms with Crippen LogP contribution in [0.2, 0.25) is 0 Å². The lowest BCUT2D eigenvalue weighted by Crippen LogP contribution is -2.30. The number of carbonyl (C=O) groups is 4. The van der Waals surface area contributed by atoms with Crippen molar-refractivity contribution in [3.05, 3.63) is 0 Å². The number of hydrogen-bond acceptors (Lipinski definition) is 15. The zero-order chi connectivity index (χ0) is 78.5. The van der Waals surface area contributed by atoms with Crippen molar-refractivity contribution in [2.24, 2.45) is 11.8 Å². The second-order valence-electron chi connectivity index (χ2n) is 32.4. The van der Waals surface area contributed by atoms with Gasteiger partial charge in [-0.3, -0.25) is 37.3 Å². The van der Waals surface area contributed by atoms with E-state index in [-0.39, 0.29) is 25.7 Å². The molecule has 0 aliphatic rings. The van der Waals surface area contributed by atoms with Gasteiger partial charge in [-0.25, -0.2) is 9.13 Å². The third-order valence-corrected chi connectivity index (χ3v) is 23.0. The molecule has 0 aromatic heterocycles. The van der Waals surface area contributed by atoms with Crippen LogP contribution < -0.4 is 0 Å². The molecule has 6 atom stereocenters. The number of unbranched alkanes of at least 4 members (excludes halogenated alkanes) is 56. The topological polar surface area (TPSA) is 237 Å². The van der Waals surface area contributed by atoms with Crippen molar-refractivity contribution in [3.63, 3.8) is 0 Å². The van der Waals surface area contributed by atoms with Gasteiger partial charge in [0.2, 0.25) is 0 Å². The number of rotatable bonds is 87. The Morgan fingerprint density at radius 2 is 0.477 bits per heavy atom. The lowest BCUT2D eigenvalue weighted by molar-refractivity contribution is -0.161. The first-order valence-electron chi connectivity index (χ1n) is 45.5. The van der Waals surface area contributed by atoms with E-state index < -0.39 is 97.5 Å². The van der Waals surface area contributed by atoms with Gasteiger partial charge in [-0.05, 0) is 37.5 Å². The molecule has 0 radical (unpaired) electrons. The Balaban J connectivity index is 5.19. The Labute approximate surface area is 658 Å². The van der Waals surface area contributed by atoms with E-state index in [1.807, 2.05) is 0 Å². The Hall–Kier alpha value is -1.94. The van der Waals surface area contributed by atoms with Crippen molar-refractivity contribution in [1.29, 1.82) is 0 Å². The van der Waals surface area contributed by atoms with E-state index in [2.05, 4.69) is 41.5 Å². The molecule has 3 N–H and O–H groups in total. The third kappa shape index (κ3) is 80.5. The van der Waals surface area contributed by atoms with E-state index in [0.717, 1.165) is 108 Å². The Morgan fingerprint density at radius 1 is 0.271 bits per heavy atom. The minimum atomic E-state index is -4.97. The van der Waals surface area contributed by atoms with Crippen molar-refractivity contribution in [2.45, 2.75) is 490 Å². The third-order valence-electron chi connectivity index (χ3n) is 21.1. The first-order valence-corrected chi connectivity index (χ1v) is 48.5. The average Bonchev–Trinajstić information content (AvgIpc) is 0.902. The normalized spacial score (nSPS) is 14.0. The summed E-state index contributed by atoms with van der Waals surface area (Å²) >= 11 is 0. The number of aliphatic hydroxyl groups excluding tert-OH is 1. The maximum Gasteiger partial charge on any atom is 0.472 e. The molecule has 0 aromatic rings. The molecule has 0 rings (SSSR count). The van der Waals surface area contributed by atoms with E-state index in [4.69, 9.17) is 37.0 Å². The fraction of sp³-hybridized carbons (Fsp3) is 0.955. The zero-order valence-corrected chi connectivity index (χ0v) is 72.2. The first-order chi connectivity index (χ1) is 51.9. The number of phosphoric acid groups is 2. The highest BCUT2D eigenvalue weighted by Crippen LogP contribution is 2.45. The quantitative estimate of drug-likeness (QED) is 0.0222. The molecule has 0 aliphatic carbocycles. The van der Waals surface area contributed by atoms with E-state index in [1.54, 1.807) is 0 Å². The lowest BCUT2D eigenvalue weighted by atomic mass is 10.00. The smallest absolute Gasteiger partial charge is 0.462 e. The fourth-order valence-corrected chi connectivity index (χ4v) is 15.3. The Kier molecular flexibility index (Phi) is 77.9. The molecule has 19 heteroatoms. The van der Waals surface area contributed by atoms with Crippen LogP contribution in [-0.4, -0.2) is 96.7 Å². The van der Waals surface area contributed by atoms with Crippen LogP contribution in [0.25, 0.3) is 0 Å². The van der Waals surface area contributed by atoms with Gasteiger partial charge in [-0.15, -0.1) is 0 Å². The summed E-state index contributed by atoms with van der Waals surface area (Å²) in [6, 6.07) is 0. The van der Waals surface area contributed by atoms with Gasteiger partial charge in [-0.2, -0.15) is 0 Å². The molecule has 0 heterocycles. The van der Waals surface area contributed by atoms with Crippen molar-refractivity contribution in [1.82, 2.24) is 0 Å². The molecular weight excluding hydrogens is 1390 g/mol. The molecule has 0 saturated carbocycles. The first kappa shape index (κ1) is 105. The largest absolute Gasteiger partial charge is 0.472 e. The van der Waals surface area contributed by atoms with Crippen LogP contribution in [0.15, 0.2) is 0 Å². The van der Waals surface area contributed by atoms with Gasteiger partial charge in [0.25, 0.3) is 0 Å². The van der Waals surface area contributed by atoms with E-state index in [9.17, 15) is 43.2 Å². The van der Waals surface area contributed by atoms with Crippen LogP contribution in [0.1, 0.15) is 472 Å². The van der Waals surface area contributed by atoms with Gasteiger partial charge in [0.1, 0.15) is 19.3 Å². The standard InChI is InChI=1S/C88H172O17P2/c1-7-10-12-14-16-18-20-22-24-26-28-30-32-34-36-38-40-42-47-51-58-64-70-85(90)98-76-83(104-87(92)72-66-60-52-48-43-41-39-37-35-33-31-29-27-25-23-21-19-17-15-13-11-8-2)78-102-106(94,95)100-74-82(89)75-101-107(96,97)103-79-84(77-99-86(91)71-65-59-55-54-57-63-69-81(6)9-3)105-88(93)73-67-61-53-49-45-44-46-50-56-62-68-80(4)5/h80-84,89H,7-79H2,1-6H3,(H,94,95)(H,96,97)/t81?,82-,83-,84-/m1/s1. The molecule has 0 aliphatic heterocycles. The van der Waals surface area contributed by atoms with Crippen molar-refractivity contribution < 1.29 is 80.2 Å². The van der Waals surface area contributed by atoms with Gasteiger partial charge >= 0.3 is 39.5 Å². The van der Waals surface area contributed by atoms with Crippen LogP contribution in [-0.2, 0) is 65.4 Å². The van der Waals surface area contributed by atoms with Gasteiger partial charge in [-0.1, -0.05) is 420 Å². The summed E-state index contributed by atoms with van der Waals surface area (Å²) in [5.74, 6) is -0.622. The van der Waals surface area contributed by atoms with E-state index in [1.165, 1.54) is 283 Å². The summed E-state index contributed by atoms with van der Waals surface area (Å²) in [6.07, 6.45) is 72.6. The second-order valence-corrected chi connectivity index (χ2v) is 35.3. The number of phosphoric ester groups is 2. The Bertz CT molecular complexity index is 2050. The molecule has 0 aromatic carbocycles. The summed E-state index contributed by atoms with van der Waals surface area (Å²) in [7, 11) is -9.93. The van der Waals surface area contributed by atoms with Crippen LogP contribution in [0.3, 0.4) is 0 Å². The molecule has 0 amide bonds. The fourth-order valence-electron chi connectivity index (χ4n) is 13.7. The zero-order valence-electron chi connectivity index (χ0n) is 70.5. The maximum absolute atomic E-state index is 13.2. The summed E-state index contributed by atoms with van der Waals surface area (Å²) in [4.78, 5) is 73.2. The van der Waals surface area contributed by atoms with Gasteiger partial charge in [0.15, 0.2) is 12.2 Å². The summed E-state index contributed by atoms with van der Waals surface area (Å²) in [5.41, 5.74) is 0. The SMILES string of the molecule is CCCCCCCCCCCCCCCCCCCCCCCCC(=O)OC[C@H](COP(=O)(O)OC[C@@H](O)COP(=O)(O)OC[C@@H](COC(=O)CCCCCCCCC(C)CC)OC(=O)CCCCCCCCCCCCC(C)C)OC(=O)CCCCCCCCCCCCCCCCCCCCCCCC. The number of aliphatic hydroxyl groups is 1. The Morgan fingerprint density at radius 3 is 0.710 bits per heavy atom.